The van der Waals surface area contributed by atoms with E-state index in [9.17, 15) is 4.79 Å². The Morgan fingerprint density at radius 1 is 1.06 bits per heavy atom. The van der Waals surface area contributed by atoms with E-state index in [-0.39, 0.29) is 6.03 Å². The lowest BCUT2D eigenvalue weighted by atomic mass is 9.93. The number of hydrogen-bond acceptors (Lipinski definition) is 5. The molecule has 2 heterocycles. The van der Waals surface area contributed by atoms with E-state index in [0.29, 0.717) is 12.2 Å². The molecule has 4 rings (SSSR count). The molecule has 1 aliphatic rings. The number of hydrogen-bond donors (Lipinski definition) is 2. The Kier molecular flexibility index (Phi) is 6.23. The molecule has 3 aromatic rings. The first-order chi connectivity index (χ1) is 15.1. The molecule has 6 nitrogen and oxygen atoms in total. The van der Waals surface area contributed by atoms with E-state index in [2.05, 4.69) is 10.6 Å². The first kappa shape index (κ1) is 20.9. The zero-order valence-corrected chi connectivity index (χ0v) is 18.6. The smallest absolute Gasteiger partial charge is 0.324 e. The molecule has 2 amide bonds. The Hall–Kier alpha value is -3.32. The first-order valence-electron chi connectivity index (χ1n) is 10.1. The molecular formula is C24H25N3O3S. The summed E-state index contributed by atoms with van der Waals surface area (Å²) in [5.74, 6) is 1.45. The maximum Gasteiger partial charge on any atom is 0.324 e. The Bertz CT molecular complexity index is 1120. The molecule has 0 aliphatic carbocycles. The maximum atomic E-state index is 12.2. The second-order valence-electron chi connectivity index (χ2n) is 7.38. The van der Waals surface area contributed by atoms with Crippen molar-refractivity contribution >= 4 is 33.8 Å². The quantitative estimate of drug-likeness (QED) is 0.551. The molecule has 0 bridgehead atoms. The van der Waals surface area contributed by atoms with Gasteiger partial charge in [0.1, 0.15) is 0 Å². The number of anilines is 2. The van der Waals surface area contributed by atoms with Gasteiger partial charge in [-0.2, -0.15) is 0 Å². The highest BCUT2D eigenvalue weighted by molar-refractivity contribution is 7.14. The molecule has 0 atom stereocenters. The van der Waals surface area contributed by atoms with Gasteiger partial charge in [-0.1, -0.05) is 12.1 Å². The monoisotopic (exact) mass is 435 g/mol. The van der Waals surface area contributed by atoms with Crippen molar-refractivity contribution in [3.63, 3.8) is 0 Å². The summed E-state index contributed by atoms with van der Waals surface area (Å²) in [7, 11) is 3.30. The van der Waals surface area contributed by atoms with Gasteiger partial charge in [0, 0.05) is 29.9 Å². The van der Waals surface area contributed by atoms with Crippen molar-refractivity contribution in [1.82, 2.24) is 0 Å². The maximum absolute atomic E-state index is 12.2. The van der Waals surface area contributed by atoms with E-state index < -0.39 is 0 Å². The van der Waals surface area contributed by atoms with E-state index in [1.165, 1.54) is 16.9 Å². The van der Waals surface area contributed by atoms with E-state index in [4.69, 9.17) is 14.5 Å². The third-order valence-electron chi connectivity index (χ3n) is 5.15. The number of thiophene rings is 1. The van der Waals surface area contributed by atoms with Gasteiger partial charge >= 0.3 is 6.03 Å². The summed E-state index contributed by atoms with van der Waals surface area (Å²) in [4.78, 5) is 16.9. The highest BCUT2D eigenvalue weighted by atomic mass is 32.1. The van der Waals surface area contributed by atoms with Crippen molar-refractivity contribution in [3.05, 3.63) is 70.1 Å². The van der Waals surface area contributed by atoms with Crippen LogP contribution >= 0.6 is 11.3 Å². The fraction of sp³-hybridized carbons (Fsp3) is 0.250. The second kappa shape index (κ2) is 9.22. The van der Waals surface area contributed by atoms with E-state index in [0.717, 1.165) is 51.8 Å². The lowest BCUT2D eigenvalue weighted by Crippen LogP contribution is -2.19. The van der Waals surface area contributed by atoms with Crippen LogP contribution in [-0.4, -0.2) is 32.5 Å². The van der Waals surface area contributed by atoms with Gasteiger partial charge < -0.3 is 14.8 Å². The van der Waals surface area contributed by atoms with Crippen LogP contribution in [0.2, 0.25) is 0 Å². The molecule has 0 saturated heterocycles. The van der Waals surface area contributed by atoms with E-state index in [1.807, 2.05) is 54.8 Å². The summed E-state index contributed by atoms with van der Waals surface area (Å²) in [5, 5.41) is 8.55. The number of amides is 2. The van der Waals surface area contributed by atoms with Crippen molar-refractivity contribution in [2.75, 3.05) is 31.4 Å². The topological polar surface area (TPSA) is 72.0 Å². The van der Waals surface area contributed by atoms with Crippen molar-refractivity contribution in [2.45, 2.75) is 19.8 Å². The molecule has 1 aromatic heterocycles. The third-order valence-corrected chi connectivity index (χ3v) is 6.12. The molecule has 0 fully saturated rings. The van der Waals surface area contributed by atoms with Crippen LogP contribution in [0, 0.1) is 6.92 Å². The molecule has 0 unspecified atom stereocenters. The Balaban J connectivity index is 1.44. The van der Waals surface area contributed by atoms with Crippen molar-refractivity contribution in [3.8, 4) is 11.5 Å². The average Bonchev–Trinajstić information content (AvgIpc) is 3.18. The minimum atomic E-state index is -0.249. The fourth-order valence-electron chi connectivity index (χ4n) is 3.61. The Morgan fingerprint density at radius 2 is 1.81 bits per heavy atom. The summed E-state index contributed by atoms with van der Waals surface area (Å²) in [6, 6.07) is 13.6. The number of rotatable bonds is 6. The number of ether oxygens (including phenoxy) is 2. The SMILES string of the molecule is COc1cc2c(cc1OC)C(Cc1ccc(NC(=O)Nc3cc(C)cs3)cc1)=NCC2. The summed E-state index contributed by atoms with van der Waals surface area (Å²) < 4.78 is 10.9. The van der Waals surface area contributed by atoms with Crippen LogP contribution in [0.1, 0.15) is 22.3 Å². The number of benzene rings is 2. The molecule has 1 aliphatic heterocycles. The second-order valence-corrected chi connectivity index (χ2v) is 8.30. The number of urea groups is 1. The third kappa shape index (κ3) is 4.88. The zero-order chi connectivity index (χ0) is 21.8. The van der Waals surface area contributed by atoms with E-state index in [1.54, 1.807) is 14.2 Å². The zero-order valence-electron chi connectivity index (χ0n) is 17.8. The largest absolute Gasteiger partial charge is 0.493 e. The fourth-order valence-corrected chi connectivity index (χ4v) is 4.40. The molecule has 2 aromatic carbocycles. The first-order valence-corrected chi connectivity index (χ1v) is 10.9. The van der Waals surface area contributed by atoms with Crippen LogP contribution in [0.3, 0.4) is 0 Å². The van der Waals surface area contributed by atoms with Gasteiger partial charge in [-0.15, -0.1) is 11.3 Å². The van der Waals surface area contributed by atoms with Crippen molar-refractivity contribution in [1.29, 1.82) is 0 Å². The van der Waals surface area contributed by atoms with Gasteiger partial charge in [-0.3, -0.25) is 10.3 Å². The molecule has 0 spiro atoms. The summed E-state index contributed by atoms with van der Waals surface area (Å²) in [6.07, 6.45) is 1.60. The van der Waals surface area contributed by atoms with Crippen LogP contribution in [0.25, 0.3) is 0 Å². The lowest BCUT2D eigenvalue weighted by molar-refractivity contribution is 0.262. The molecule has 0 radical (unpaired) electrons. The number of carbonyl (C=O) groups is 1. The standard InChI is InChI=1S/C24H25N3O3S/c1-15-10-23(31-14-15)27-24(28)26-18-6-4-16(5-7-18)11-20-19-13-22(30-3)21(29-2)12-17(19)8-9-25-20/h4-7,10,12-14H,8-9,11H2,1-3H3,(H2,26,27,28). The number of carbonyl (C=O) groups excluding carboxylic acids is 1. The Morgan fingerprint density at radius 3 is 2.48 bits per heavy atom. The predicted molar refractivity (Wildman–Crippen MR) is 126 cm³/mol. The summed E-state index contributed by atoms with van der Waals surface area (Å²) >= 11 is 1.51. The number of fused-ring (bicyclic) bond motifs is 1. The number of nitrogens with one attached hydrogen (secondary N) is 2. The van der Waals surface area contributed by atoms with Gasteiger partial charge in [0.25, 0.3) is 0 Å². The highest BCUT2D eigenvalue weighted by Gasteiger charge is 2.18. The van der Waals surface area contributed by atoms with Crippen LogP contribution in [-0.2, 0) is 12.8 Å². The van der Waals surface area contributed by atoms with Crippen LogP contribution in [0.5, 0.6) is 11.5 Å². The van der Waals surface area contributed by atoms with E-state index >= 15 is 0 Å². The number of aryl methyl sites for hydroxylation is 1. The lowest BCUT2D eigenvalue weighted by Gasteiger charge is -2.20. The van der Waals surface area contributed by atoms with Crippen LogP contribution < -0.4 is 20.1 Å². The predicted octanol–water partition coefficient (Wildman–Crippen LogP) is 5.31. The molecule has 7 heteroatoms. The van der Waals surface area contributed by atoms with Crippen molar-refractivity contribution in [2.24, 2.45) is 4.99 Å². The Labute approximate surface area is 185 Å². The van der Waals surface area contributed by atoms with Gasteiger partial charge in [0.15, 0.2) is 11.5 Å². The number of methoxy groups -OCH3 is 2. The summed E-state index contributed by atoms with van der Waals surface area (Å²) in [6.45, 7) is 2.76. The van der Waals surface area contributed by atoms with Crippen molar-refractivity contribution < 1.29 is 14.3 Å². The average molecular weight is 436 g/mol. The molecule has 160 valence electrons. The minimum Gasteiger partial charge on any atom is -0.493 e. The molecule has 0 saturated carbocycles. The number of nitrogens with zero attached hydrogens (tertiary/aromatic N) is 1. The van der Waals surface area contributed by atoms with Gasteiger partial charge in [-0.25, -0.2) is 4.79 Å². The van der Waals surface area contributed by atoms with Gasteiger partial charge in [0.2, 0.25) is 0 Å². The molecule has 31 heavy (non-hydrogen) atoms. The van der Waals surface area contributed by atoms with Gasteiger partial charge in [-0.05, 0) is 65.7 Å². The molecule has 2 N–H and O–H groups in total. The van der Waals surface area contributed by atoms with Crippen LogP contribution in [0.4, 0.5) is 15.5 Å². The number of aliphatic imine (C=N–C) groups is 1. The molecular weight excluding hydrogens is 410 g/mol. The summed E-state index contributed by atoms with van der Waals surface area (Å²) in [5.41, 5.74) is 6.37. The van der Waals surface area contributed by atoms with Crippen LogP contribution in [0.15, 0.2) is 52.8 Å². The normalized spacial score (nSPS) is 12.5. The minimum absolute atomic E-state index is 0.249. The van der Waals surface area contributed by atoms with Gasteiger partial charge in [0.05, 0.1) is 19.2 Å². The highest BCUT2D eigenvalue weighted by Crippen LogP contribution is 2.33.